The Balaban J connectivity index is 2.46. The predicted molar refractivity (Wildman–Crippen MR) is 59.7 cm³/mol. The molecule has 1 rings (SSSR count). The SMILES string of the molecule is C=CCOc1ccc(NCCN)cc1. The normalized spacial score (nSPS) is 9.50. The third-order valence-corrected chi connectivity index (χ3v) is 1.70. The highest BCUT2D eigenvalue weighted by molar-refractivity contribution is 5.46. The number of rotatable bonds is 6. The van der Waals surface area contributed by atoms with Crippen molar-refractivity contribution >= 4 is 5.69 Å². The molecule has 0 radical (unpaired) electrons. The van der Waals surface area contributed by atoms with E-state index in [9.17, 15) is 0 Å². The first-order valence-electron chi connectivity index (χ1n) is 4.64. The largest absolute Gasteiger partial charge is 0.490 e. The lowest BCUT2D eigenvalue weighted by molar-refractivity contribution is 0.363. The van der Waals surface area contributed by atoms with E-state index in [1.807, 2.05) is 24.3 Å². The highest BCUT2D eigenvalue weighted by atomic mass is 16.5. The fraction of sp³-hybridized carbons (Fsp3) is 0.273. The van der Waals surface area contributed by atoms with Crippen molar-refractivity contribution in [2.24, 2.45) is 5.73 Å². The van der Waals surface area contributed by atoms with Gasteiger partial charge < -0.3 is 15.8 Å². The number of ether oxygens (including phenoxy) is 1. The minimum Gasteiger partial charge on any atom is -0.490 e. The van der Waals surface area contributed by atoms with Gasteiger partial charge in [0.05, 0.1) is 0 Å². The molecular formula is C11H16N2O. The molecule has 0 heterocycles. The topological polar surface area (TPSA) is 47.3 Å². The number of nitrogens with one attached hydrogen (secondary N) is 1. The zero-order chi connectivity index (χ0) is 10.2. The van der Waals surface area contributed by atoms with Crippen LogP contribution in [0, 0.1) is 0 Å². The summed E-state index contributed by atoms with van der Waals surface area (Å²) in [4.78, 5) is 0. The maximum absolute atomic E-state index is 5.37. The molecule has 0 unspecified atom stereocenters. The molecule has 14 heavy (non-hydrogen) atoms. The van der Waals surface area contributed by atoms with E-state index in [1.165, 1.54) is 0 Å². The Morgan fingerprint density at radius 1 is 1.36 bits per heavy atom. The molecule has 0 saturated heterocycles. The lowest BCUT2D eigenvalue weighted by Crippen LogP contribution is -2.12. The molecule has 0 aromatic heterocycles. The van der Waals surface area contributed by atoms with Crippen LogP contribution < -0.4 is 15.8 Å². The molecule has 3 heteroatoms. The van der Waals surface area contributed by atoms with Gasteiger partial charge in [0.2, 0.25) is 0 Å². The second kappa shape index (κ2) is 6.05. The van der Waals surface area contributed by atoms with E-state index in [2.05, 4.69) is 11.9 Å². The van der Waals surface area contributed by atoms with Crippen LogP contribution in [-0.2, 0) is 0 Å². The van der Waals surface area contributed by atoms with Gasteiger partial charge in [-0.25, -0.2) is 0 Å². The van der Waals surface area contributed by atoms with Gasteiger partial charge in [0.1, 0.15) is 12.4 Å². The monoisotopic (exact) mass is 192 g/mol. The Bertz CT molecular complexity index is 269. The van der Waals surface area contributed by atoms with Crippen molar-refractivity contribution in [2.75, 3.05) is 25.0 Å². The van der Waals surface area contributed by atoms with Gasteiger partial charge >= 0.3 is 0 Å². The summed E-state index contributed by atoms with van der Waals surface area (Å²) in [7, 11) is 0. The van der Waals surface area contributed by atoms with E-state index in [1.54, 1.807) is 6.08 Å². The first-order valence-corrected chi connectivity index (χ1v) is 4.64. The molecule has 0 atom stereocenters. The summed E-state index contributed by atoms with van der Waals surface area (Å²) in [6.07, 6.45) is 1.72. The molecule has 0 aliphatic heterocycles. The minimum atomic E-state index is 0.537. The van der Waals surface area contributed by atoms with Crippen molar-refractivity contribution in [2.45, 2.75) is 0 Å². The van der Waals surface area contributed by atoms with Gasteiger partial charge in [0.25, 0.3) is 0 Å². The summed E-state index contributed by atoms with van der Waals surface area (Å²) in [6.45, 7) is 5.54. The minimum absolute atomic E-state index is 0.537. The number of benzene rings is 1. The second-order valence-electron chi connectivity index (χ2n) is 2.84. The molecule has 0 saturated carbocycles. The summed E-state index contributed by atoms with van der Waals surface area (Å²) in [6, 6.07) is 7.77. The summed E-state index contributed by atoms with van der Waals surface area (Å²) >= 11 is 0. The van der Waals surface area contributed by atoms with Crippen LogP contribution in [0.4, 0.5) is 5.69 Å². The van der Waals surface area contributed by atoms with Gasteiger partial charge in [-0.2, -0.15) is 0 Å². The van der Waals surface area contributed by atoms with E-state index in [4.69, 9.17) is 10.5 Å². The van der Waals surface area contributed by atoms with Gasteiger partial charge in [-0.1, -0.05) is 12.7 Å². The molecule has 0 fully saturated rings. The second-order valence-corrected chi connectivity index (χ2v) is 2.84. The van der Waals surface area contributed by atoms with Crippen LogP contribution in [0.1, 0.15) is 0 Å². The van der Waals surface area contributed by atoms with Crippen LogP contribution >= 0.6 is 0 Å². The number of hydrogen-bond donors (Lipinski definition) is 2. The molecule has 3 N–H and O–H groups in total. The summed E-state index contributed by atoms with van der Waals surface area (Å²) < 4.78 is 5.34. The quantitative estimate of drug-likeness (QED) is 0.673. The van der Waals surface area contributed by atoms with E-state index in [0.717, 1.165) is 18.0 Å². The molecular weight excluding hydrogens is 176 g/mol. The van der Waals surface area contributed by atoms with Crippen molar-refractivity contribution in [3.8, 4) is 5.75 Å². The van der Waals surface area contributed by atoms with Gasteiger partial charge in [-0.15, -0.1) is 0 Å². The molecule has 3 nitrogen and oxygen atoms in total. The zero-order valence-electron chi connectivity index (χ0n) is 8.20. The summed E-state index contributed by atoms with van der Waals surface area (Å²) in [5.74, 6) is 0.850. The first-order chi connectivity index (χ1) is 6.86. The molecule has 0 bridgehead atoms. The van der Waals surface area contributed by atoms with E-state index in [0.29, 0.717) is 13.2 Å². The van der Waals surface area contributed by atoms with Gasteiger partial charge in [0.15, 0.2) is 0 Å². The zero-order valence-corrected chi connectivity index (χ0v) is 8.20. The Morgan fingerprint density at radius 2 is 2.07 bits per heavy atom. The number of anilines is 1. The van der Waals surface area contributed by atoms with Gasteiger partial charge in [-0.3, -0.25) is 0 Å². The lowest BCUT2D eigenvalue weighted by Gasteiger charge is -2.06. The molecule has 76 valence electrons. The Labute approximate surface area is 84.6 Å². The number of nitrogens with two attached hydrogens (primary N) is 1. The third kappa shape index (κ3) is 3.49. The Hall–Kier alpha value is -1.48. The van der Waals surface area contributed by atoms with Crippen LogP contribution in [0.15, 0.2) is 36.9 Å². The first kappa shape index (κ1) is 10.6. The molecule has 0 amide bonds. The highest BCUT2D eigenvalue weighted by Gasteiger charge is 1.92. The van der Waals surface area contributed by atoms with Crippen LogP contribution in [0.2, 0.25) is 0 Å². The average molecular weight is 192 g/mol. The summed E-state index contributed by atoms with van der Waals surface area (Å²) in [5, 5.41) is 3.18. The third-order valence-electron chi connectivity index (χ3n) is 1.70. The maximum atomic E-state index is 5.37. The van der Waals surface area contributed by atoms with E-state index >= 15 is 0 Å². The molecule has 0 aliphatic carbocycles. The van der Waals surface area contributed by atoms with Crippen LogP contribution in [-0.4, -0.2) is 19.7 Å². The molecule has 1 aromatic carbocycles. The smallest absolute Gasteiger partial charge is 0.119 e. The lowest BCUT2D eigenvalue weighted by atomic mass is 10.3. The average Bonchev–Trinajstić information content (AvgIpc) is 2.25. The van der Waals surface area contributed by atoms with Gasteiger partial charge in [-0.05, 0) is 24.3 Å². The fourth-order valence-electron chi connectivity index (χ4n) is 1.04. The van der Waals surface area contributed by atoms with Crippen LogP contribution in [0.3, 0.4) is 0 Å². The molecule has 0 aliphatic rings. The maximum Gasteiger partial charge on any atom is 0.119 e. The predicted octanol–water partition coefficient (Wildman–Crippen LogP) is 1.62. The van der Waals surface area contributed by atoms with Gasteiger partial charge in [0, 0.05) is 18.8 Å². The van der Waals surface area contributed by atoms with Crippen molar-refractivity contribution in [3.63, 3.8) is 0 Å². The molecule has 0 spiro atoms. The fourth-order valence-corrected chi connectivity index (χ4v) is 1.04. The Kier molecular flexibility index (Phi) is 4.58. The van der Waals surface area contributed by atoms with E-state index in [-0.39, 0.29) is 0 Å². The van der Waals surface area contributed by atoms with Crippen LogP contribution in [0.25, 0.3) is 0 Å². The highest BCUT2D eigenvalue weighted by Crippen LogP contribution is 2.15. The van der Waals surface area contributed by atoms with Crippen molar-refractivity contribution < 1.29 is 4.74 Å². The van der Waals surface area contributed by atoms with Crippen molar-refractivity contribution in [1.82, 2.24) is 0 Å². The van der Waals surface area contributed by atoms with Crippen molar-refractivity contribution in [3.05, 3.63) is 36.9 Å². The van der Waals surface area contributed by atoms with Crippen molar-refractivity contribution in [1.29, 1.82) is 0 Å². The molecule has 1 aromatic rings. The number of hydrogen-bond acceptors (Lipinski definition) is 3. The van der Waals surface area contributed by atoms with E-state index < -0.39 is 0 Å². The Morgan fingerprint density at radius 3 is 2.64 bits per heavy atom. The van der Waals surface area contributed by atoms with Crippen LogP contribution in [0.5, 0.6) is 5.75 Å². The summed E-state index contributed by atoms with van der Waals surface area (Å²) in [5.41, 5.74) is 6.43. The standard InChI is InChI=1S/C11H16N2O/c1-2-9-14-11-5-3-10(4-6-11)13-8-7-12/h2-6,13H,1,7-9,12H2.